The van der Waals surface area contributed by atoms with E-state index in [2.05, 4.69) is 22.0 Å². The molecule has 1 rings (SSSR count). The van der Waals surface area contributed by atoms with Crippen molar-refractivity contribution < 1.29 is 4.79 Å². The van der Waals surface area contributed by atoms with Crippen LogP contribution in [0.4, 0.5) is 0 Å². The first-order valence-electron chi connectivity index (χ1n) is 5.29. The van der Waals surface area contributed by atoms with Crippen LogP contribution in [-0.4, -0.2) is 5.78 Å². The van der Waals surface area contributed by atoms with Crippen LogP contribution in [0.3, 0.4) is 0 Å². The number of carbonyl (C=O) groups is 1. The fourth-order valence-electron chi connectivity index (χ4n) is 1.62. The quantitative estimate of drug-likeness (QED) is 0.785. The van der Waals surface area contributed by atoms with E-state index in [9.17, 15) is 4.79 Å². The second-order valence-corrected chi connectivity index (χ2v) is 4.77. The molecule has 1 aromatic carbocycles. The van der Waals surface area contributed by atoms with Gasteiger partial charge in [-0.2, -0.15) is 5.26 Å². The number of halogens is 1. The zero-order chi connectivity index (χ0) is 12.1. The van der Waals surface area contributed by atoms with E-state index in [1.807, 2.05) is 26.0 Å². The third kappa shape index (κ3) is 3.18. The Balaban J connectivity index is 3.00. The molecule has 1 unspecified atom stereocenters. The van der Waals surface area contributed by atoms with Crippen molar-refractivity contribution in [2.45, 2.75) is 26.7 Å². The summed E-state index contributed by atoms with van der Waals surface area (Å²) in [5.74, 6) is -0.590. The van der Waals surface area contributed by atoms with Crippen molar-refractivity contribution in [3.63, 3.8) is 0 Å². The van der Waals surface area contributed by atoms with Crippen LogP contribution in [0.25, 0.3) is 0 Å². The van der Waals surface area contributed by atoms with Gasteiger partial charge in [0, 0.05) is 10.0 Å². The first kappa shape index (κ1) is 12.9. The van der Waals surface area contributed by atoms with E-state index in [1.54, 1.807) is 6.07 Å². The molecule has 2 nitrogen and oxygen atoms in total. The number of benzene rings is 1. The lowest BCUT2D eigenvalue weighted by atomic mass is 9.94. The van der Waals surface area contributed by atoms with Gasteiger partial charge in [-0.1, -0.05) is 29.3 Å². The molecule has 0 fully saturated rings. The predicted molar refractivity (Wildman–Crippen MR) is 67.2 cm³/mol. The Hall–Kier alpha value is -1.14. The minimum absolute atomic E-state index is 0.0752. The fourth-order valence-corrected chi connectivity index (χ4v) is 2.23. The molecular weight excluding hydrogens is 266 g/mol. The maximum absolute atomic E-state index is 12.0. The van der Waals surface area contributed by atoms with E-state index in [0.29, 0.717) is 12.0 Å². The Kier molecular flexibility index (Phi) is 4.70. The van der Waals surface area contributed by atoms with Crippen molar-refractivity contribution >= 4 is 21.7 Å². The predicted octanol–water partition coefficient (Wildman–Crippen LogP) is 3.88. The molecule has 0 saturated heterocycles. The highest BCUT2D eigenvalue weighted by molar-refractivity contribution is 9.10. The molecule has 16 heavy (non-hydrogen) atoms. The summed E-state index contributed by atoms with van der Waals surface area (Å²) in [6.45, 7) is 3.91. The summed E-state index contributed by atoms with van der Waals surface area (Å²) in [4.78, 5) is 12.0. The second-order valence-electron chi connectivity index (χ2n) is 3.85. The van der Waals surface area contributed by atoms with Crippen molar-refractivity contribution in [2.75, 3.05) is 0 Å². The molecule has 0 radical (unpaired) electrons. The van der Waals surface area contributed by atoms with Gasteiger partial charge >= 0.3 is 0 Å². The average molecular weight is 280 g/mol. The fraction of sp³-hybridized carbons (Fsp3) is 0.385. The molecule has 0 aromatic heterocycles. The molecule has 0 amide bonds. The molecule has 0 aliphatic rings. The van der Waals surface area contributed by atoms with Gasteiger partial charge in [0.1, 0.15) is 5.92 Å². The van der Waals surface area contributed by atoms with Gasteiger partial charge in [0.15, 0.2) is 5.78 Å². The number of ketones is 1. The summed E-state index contributed by atoms with van der Waals surface area (Å²) in [6, 6.07) is 7.62. The topological polar surface area (TPSA) is 40.9 Å². The molecule has 0 N–H and O–H groups in total. The van der Waals surface area contributed by atoms with Gasteiger partial charge in [-0.25, -0.2) is 0 Å². The molecule has 0 saturated carbocycles. The Morgan fingerprint density at radius 1 is 1.50 bits per heavy atom. The van der Waals surface area contributed by atoms with Crippen LogP contribution in [-0.2, 0) is 0 Å². The van der Waals surface area contributed by atoms with E-state index in [-0.39, 0.29) is 5.78 Å². The van der Waals surface area contributed by atoms with Crippen LogP contribution in [0.1, 0.15) is 35.7 Å². The molecule has 1 atom stereocenters. The average Bonchev–Trinajstić information content (AvgIpc) is 2.23. The SMILES string of the molecule is CCCC(C#N)C(=O)c1cc(C)cc(Br)c1. The lowest BCUT2D eigenvalue weighted by molar-refractivity contribution is 0.0943. The zero-order valence-corrected chi connectivity index (χ0v) is 11.0. The number of rotatable bonds is 4. The lowest BCUT2D eigenvalue weighted by Gasteiger charge is -2.07. The summed E-state index contributed by atoms with van der Waals surface area (Å²) >= 11 is 3.36. The van der Waals surface area contributed by atoms with Gasteiger partial charge < -0.3 is 0 Å². The Bertz CT molecular complexity index is 414. The molecular formula is C13H14BrNO. The van der Waals surface area contributed by atoms with Crippen LogP contribution < -0.4 is 0 Å². The summed E-state index contributed by atoms with van der Waals surface area (Å²) < 4.78 is 0.879. The lowest BCUT2D eigenvalue weighted by Crippen LogP contribution is -2.12. The number of nitriles is 1. The van der Waals surface area contributed by atoms with Crippen LogP contribution in [0.15, 0.2) is 22.7 Å². The monoisotopic (exact) mass is 279 g/mol. The molecule has 1 aromatic rings. The highest BCUT2D eigenvalue weighted by atomic mass is 79.9. The largest absolute Gasteiger partial charge is 0.293 e. The molecule has 0 aliphatic carbocycles. The highest BCUT2D eigenvalue weighted by Crippen LogP contribution is 2.19. The number of hydrogen-bond acceptors (Lipinski definition) is 2. The van der Waals surface area contributed by atoms with E-state index in [0.717, 1.165) is 16.5 Å². The first-order chi connectivity index (χ1) is 7.58. The maximum atomic E-state index is 12.0. The van der Waals surface area contributed by atoms with Crippen LogP contribution in [0, 0.1) is 24.2 Å². The molecule has 3 heteroatoms. The number of aryl methyl sites for hydroxylation is 1. The van der Waals surface area contributed by atoms with Gasteiger partial charge in [0.2, 0.25) is 0 Å². The van der Waals surface area contributed by atoms with Gasteiger partial charge in [-0.3, -0.25) is 4.79 Å². The number of Topliss-reactive ketones (excluding diaryl/α,β-unsaturated/α-hetero) is 1. The smallest absolute Gasteiger partial charge is 0.180 e. The van der Waals surface area contributed by atoms with E-state index in [4.69, 9.17) is 5.26 Å². The highest BCUT2D eigenvalue weighted by Gasteiger charge is 2.18. The van der Waals surface area contributed by atoms with Gasteiger partial charge in [0.25, 0.3) is 0 Å². The van der Waals surface area contributed by atoms with Crippen molar-refractivity contribution in [1.82, 2.24) is 0 Å². The molecule has 0 aliphatic heterocycles. The minimum atomic E-state index is -0.515. The molecule has 84 valence electrons. The summed E-state index contributed by atoms with van der Waals surface area (Å²) in [7, 11) is 0. The van der Waals surface area contributed by atoms with Crippen molar-refractivity contribution in [3.05, 3.63) is 33.8 Å². The number of hydrogen-bond donors (Lipinski definition) is 0. The van der Waals surface area contributed by atoms with E-state index in [1.165, 1.54) is 0 Å². The van der Waals surface area contributed by atoms with Crippen LogP contribution >= 0.6 is 15.9 Å². The number of nitrogens with zero attached hydrogens (tertiary/aromatic N) is 1. The maximum Gasteiger partial charge on any atom is 0.180 e. The van der Waals surface area contributed by atoms with Gasteiger partial charge in [-0.15, -0.1) is 0 Å². The Morgan fingerprint density at radius 3 is 2.69 bits per heavy atom. The molecule has 0 bridgehead atoms. The standard InChI is InChI=1S/C13H14BrNO/c1-3-4-10(8-15)13(16)11-5-9(2)6-12(14)7-11/h5-7,10H,3-4H2,1-2H3. The van der Waals surface area contributed by atoms with Crippen molar-refractivity contribution in [1.29, 1.82) is 5.26 Å². The third-order valence-corrected chi connectivity index (χ3v) is 2.83. The van der Waals surface area contributed by atoms with Crippen LogP contribution in [0.5, 0.6) is 0 Å². The van der Waals surface area contributed by atoms with E-state index < -0.39 is 5.92 Å². The van der Waals surface area contributed by atoms with Crippen LogP contribution in [0.2, 0.25) is 0 Å². The van der Waals surface area contributed by atoms with Gasteiger partial charge in [-0.05, 0) is 37.1 Å². The second kappa shape index (κ2) is 5.81. The van der Waals surface area contributed by atoms with Crippen molar-refractivity contribution in [3.8, 4) is 6.07 Å². The number of carbonyl (C=O) groups excluding carboxylic acids is 1. The molecule has 0 heterocycles. The summed E-state index contributed by atoms with van der Waals surface area (Å²) in [5, 5.41) is 8.94. The normalized spacial score (nSPS) is 11.9. The van der Waals surface area contributed by atoms with Gasteiger partial charge in [0.05, 0.1) is 6.07 Å². The van der Waals surface area contributed by atoms with E-state index >= 15 is 0 Å². The zero-order valence-electron chi connectivity index (χ0n) is 9.46. The van der Waals surface area contributed by atoms with Crippen molar-refractivity contribution in [2.24, 2.45) is 5.92 Å². The third-order valence-electron chi connectivity index (χ3n) is 2.38. The molecule has 0 spiro atoms. The Morgan fingerprint density at radius 2 is 2.19 bits per heavy atom. The summed E-state index contributed by atoms with van der Waals surface area (Å²) in [5.41, 5.74) is 1.64. The minimum Gasteiger partial charge on any atom is -0.293 e. The summed E-state index contributed by atoms with van der Waals surface area (Å²) in [6.07, 6.45) is 1.47. The Labute approximate surface area is 104 Å². The first-order valence-corrected chi connectivity index (χ1v) is 6.08.